The molecule has 7 heteroatoms. The number of hydrogen-bond donors (Lipinski definition) is 1. The van der Waals surface area contributed by atoms with Crippen molar-refractivity contribution in [2.45, 2.75) is 25.4 Å². The van der Waals surface area contributed by atoms with Gasteiger partial charge in [-0.15, -0.1) is 11.3 Å². The van der Waals surface area contributed by atoms with E-state index in [1.807, 2.05) is 30.6 Å². The van der Waals surface area contributed by atoms with Gasteiger partial charge in [0.05, 0.1) is 11.2 Å². The van der Waals surface area contributed by atoms with Crippen molar-refractivity contribution in [2.75, 3.05) is 37.4 Å². The molecule has 3 heterocycles. The number of thiazole rings is 1. The summed E-state index contributed by atoms with van der Waals surface area (Å²) in [6.45, 7) is 3.11. The minimum atomic E-state index is 0.428. The van der Waals surface area contributed by atoms with Crippen molar-refractivity contribution in [1.82, 2.24) is 19.9 Å². The second kappa shape index (κ2) is 7.02. The predicted octanol–water partition coefficient (Wildman–Crippen LogP) is 2.08. The number of rotatable bonds is 5. The molecule has 0 saturated carbocycles. The maximum atomic E-state index is 4.54. The summed E-state index contributed by atoms with van der Waals surface area (Å²) in [5.41, 5.74) is 3.07. The average molecular weight is 318 g/mol. The van der Waals surface area contributed by atoms with Gasteiger partial charge in [-0.05, 0) is 25.5 Å². The first-order valence-corrected chi connectivity index (χ1v) is 8.51. The third-order valence-electron chi connectivity index (χ3n) is 3.77. The Morgan fingerprint density at radius 1 is 1.41 bits per heavy atom. The van der Waals surface area contributed by atoms with Gasteiger partial charge in [0.25, 0.3) is 0 Å². The zero-order valence-corrected chi connectivity index (χ0v) is 13.9. The van der Waals surface area contributed by atoms with Gasteiger partial charge in [-0.2, -0.15) is 4.98 Å². The van der Waals surface area contributed by atoms with Crippen molar-refractivity contribution < 1.29 is 0 Å². The van der Waals surface area contributed by atoms with Crippen molar-refractivity contribution in [3.05, 3.63) is 28.8 Å². The minimum Gasteiger partial charge on any atom is -0.366 e. The SMILES string of the molecule is CN(C)c1nccc(NC2CCCN(Cc3cscn3)C2)n1. The highest BCUT2D eigenvalue weighted by Crippen LogP contribution is 2.17. The van der Waals surface area contributed by atoms with E-state index in [2.05, 4.69) is 30.5 Å². The van der Waals surface area contributed by atoms with Crippen LogP contribution >= 0.6 is 11.3 Å². The Kier molecular flexibility index (Phi) is 4.84. The summed E-state index contributed by atoms with van der Waals surface area (Å²) in [6, 6.07) is 2.36. The lowest BCUT2D eigenvalue weighted by Gasteiger charge is -2.33. The largest absolute Gasteiger partial charge is 0.366 e. The molecule has 1 fully saturated rings. The maximum Gasteiger partial charge on any atom is 0.226 e. The predicted molar refractivity (Wildman–Crippen MR) is 90.4 cm³/mol. The number of anilines is 2. The van der Waals surface area contributed by atoms with Gasteiger partial charge >= 0.3 is 0 Å². The fraction of sp³-hybridized carbons (Fsp3) is 0.533. The second-order valence-electron chi connectivity index (χ2n) is 5.83. The van der Waals surface area contributed by atoms with E-state index < -0.39 is 0 Å². The van der Waals surface area contributed by atoms with Gasteiger partial charge < -0.3 is 10.2 Å². The number of hydrogen-bond acceptors (Lipinski definition) is 7. The summed E-state index contributed by atoms with van der Waals surface area (Å²) in [4.78, 5) is 17.6. The molecule has 1 N–H and O–H groups in total. The molecule has 0 aromatic carbocycles. The summed E-state index contributed by atoms with van der Waals surface area (Å²) in [5, 5.41) is 5.68. The van der Waals surface area contributed by atoms with Gasteiger partial charge in [-0.3, -0.25) is 4.90 Å². The molecule has 3 rings (SSSR count). The molecule has 1 unspecified atom stereocenters. The maximum absolute atomic E-state index is 4.54. The minimum absolute atomic E-state index is 0.428. The van der Waals surface area contributed by atoms with Crippen LogP contribution in [0.25, 0.3) is 0 Å². The number of nitrogens with one attached hydrogen (secondary N) is 1. The van der Waals surface area contributed by atoms with Crippen LogP contribution in [-0.2, 0) is 6.54 Å². The van der Waals surface area contributed by atoms with Crippen LogP contribution in [-0.4, -0.2) is 53.1 Å². The summed E-state index contributed by atoms with van der Waals surface area (Å²) in [7, 11) is 3.91. The van der Waals surface area contributed by atoms with Gasteiger partial charge in [-0.25, -0.2) is 9.97 Å². The number of piperidine rings is 1. The molecule has 0 radical (unpaired) electrons. The molecular weight excluding hydrogens is 296 g/mol. The van der Waals surface area contributed by atoms with Gasteiger partial charge in [0.2, 0.25) is 5.95 Å². The van der Waals surface area contributed by atoms with E-state index in [4.69, 9.17) is 0 Å². The van der Waals surface area contributed by atoms with Crippen molar-refractivity contribution in [1.29, 1.82) is 0 Å². The van der Waals surface area contributed by atoms with E-state index in [0.717, 1.165) is 31.4 Å². The second-order valence-corrected chi connectivity index (χ2v) is 6.55. The first kappa shape index (κ1) is 15.2. The third kappa shape index (κ3) is 3.92. The Bertz CT molecular complexity index is 585. The molecule has 22 heavy (non-hydrogen) atoms. The fourth-order valence-corrected chi connectivity index (χ4v) is 3.26. The van der Waals surface area contributed by atoms with Crippen LogP contribution in [0.3, 0.4) is 0 Å². The summed E-state index contributed by atoms with van der Waals surface area (Å²) < 4.78 is 0. The topological polar surface area (TPSA) is 57.2 Å². The molecule has 1 atom stereocenters. The van der Waals surface area contributed by atoms with Crippen LogP contribution in [0.15, 0.2) is 23.2 Å². The van der Waals surface area contributed by atoms with Crippen LogP contribution < -0.4 is 10.2 Å². The zero-order valence-electron chi connectivity index (χ0n) is 13.1. The molecule has 0 spiro atoms. The van der Waals surface area contributed by atoms with Gasteiger partial charge in [-0.1, -0.05) is 0 Å². The van der Waals surface area contributed by atoms with Crippen LogP contribution in [0.4, 0.5) is 11.8 Å². The van der Waals surface area contributed by atoms with E-state index in [-0.39, 0.29) is 0 Å². The highest BCUT2D eigenvalue weighted by Gasteiger charge is 2.20. The van der Waals surface area contributed by atoms with E-state index >= 15 is 0 Å². The Morgan fingerprint density at radius 2 is 2.32 bits per heavy atom. The lowest BCUT2D eigenvalue weighted by atomic mass is 10.1. The molecule has 2 aromatic rings. The molecule has 0 bridgehead atoms. The Labute approximate surface area is 135 Å². The molecule has 1 aliphatic heterocycles. The van der Waals surface area contributed by atoms with Crippen LogP contribution in [0, 0.1) is 0 Å². The van der Waals surface area contributed by atoms with Crippen LogP contribution in [0.1, 0.15) is 18.5 Å². The molecule has 2 aromatic heterocycles. The third-order valence-corrected chi connectivity index (χ3v) is 4.40. The molecule has 118 valence electrons. The lowest BCUT2D eigenvalue weighted by Crippen LogP contribution is -2.41. The van der Waals surface area contributed by atoms with Gasteiger partial charge in [0.15, 0.2) is 0 Å². The summed E-state index contributed by atoms with van der Waals surface area (Å²) in [6.07, 6.45) is 4.18. The number of likely N-dealkylation sites (tertiary alicyclic amines) is 1. The Morgan fingerprint density at radius 3 is 3.09 bits per heavy atom. The monoisotopic (exact) mass is 318 g/mol. The number of aromatic nitrogens is 3. The molecular formula is C15H22N6S. The highest BCUT2D eigenvalue weighted by molar-refractivity contribution is 7.07. The van der Waals surface area contributed by atoms with Gasteiger partial charge in [0, 0.05) is 44.8 Å². The quantitative estimate of drug-likeness (QED) is 0.911. The summed E-state index contributed by atoms with van der Waals surface area (Å²) >= 11 is 1.66. The van der Waals surface area contributed by atoms with Crippen molar-refractivity contribution >= 4 is 23.1 Å². The molecule has 0 amide bonds. The molecule has 1 aliphatic rings. The van der Waals surface area contributed by atoms with E-state index in [0.29, 0.717) is 6.04 Å². The average Bonchev–Trinajstić information content (AvgIpc) is 3.01. The molecule has 1 saturated heterocycles. The molecule has 0 aliphatic carbocycles. The smallest absolute Gasteiger partial charge is 0.226 e. The first-order valence-electron chi connectivity index (χ1n) is 7.57. The van der Waals surface area contributed by atoms with Crippen LogP contribution in [0.5, 0.6) is 0 Å². The van der Waals surface area contributed by atoms with Crippen LogP contribution in [0.2, 0.25) is 0 Å². The Balaban J connectivity index is 1.59. The summed E-state index contributed by atoms with van der Waals surface area (Å²) in [5.74, 6) is 1.64. The normalized spacial score (nSPS) is 19.1. The first-order chi connectivity index (χ1) is 10.7. The highest BCUT2D eigenvalue weighted by atomic mass is 32.1. The zero-order chi connectivity index (χ0) is 15.4. The van der Waals surface area contributed by atoms with Crippen molar-refractivity contribution in [3.8, 4) is 0 Å². The Hall–Kier alpha value is -1.73. The van der Waals surface area contributed by atoms with E-state index in [1.54, 1.807) is 17.5 Å². The van der Waals surface area contributed by atoms with Crippen molar-refractivity contribution in [3.63, 3.8) is 0 Å². The standard InChI is InChI=1S/C15H22N6S/c1-20(2)15-16-6-5-14(19-15)18-12-4-3-7-21(8-12)9-13-10-22-11-17-13/h5-6,10-12H,3-4,7-9H2,1-2H3,(H,16,18,19). The van der Waals surface area contributed by atoms with E-state index in [1.165, 1.54) is 18.5 Å². The number of nitrogens with zero attached hydrogens (tertiary/aromatic N) is 5. The van der Waals surface area contributed by atoms with Gasteiger partial charge in [0.1, 0.15) is 5.82 Å². The molecule has 6 nitrogen and oxygen atoms in total. The fourth-order valence-electron chi connectivity index (χ4n) is 2.72. The van der Waals surface area contributed by atoms with E-state index in [9.17, 15) is 0 Å². The van der Waals surface area contributed by atoms with Crippen molar-refractivity contribution in [2.24, 2.45) is 0 Å². The lowest BCUT2D eigenvalue weighted by molar-refractivity contribution is 0.206.